The molecule has 2 rings (SSSR count). The van der Waals surface area contributed by atoms with Gasteiger partial charge < -0.3 is 30.9 Å². The number of anilines is 1. The quantitative estimate of drug-likeness (QED) is 0.241. The van der Waals surface area contributed by atoms with Crippen LogP contribution in [-0.4, -0.2) is 64.7 Å². The van der Waals surface area contributed by atoms with E-state index >= 15 is 0 Å². The van der Waals surface area contributed by atoms with E-state index < -0.39 is 60.0 Å². The van der Waals surface area contributed by atoms with Crippen LogP contribution >= 0.6 is 16.5 Å². The molecule has 8 N–H and O–H groups in total. The number of hydrogen-bond donors (Lipinski definition) is 7. The SMILES string of the molecule is Nc1nc(=O)n([C@@H]2O[C@H](CO)[C@@H](O)[C@H]2O)cc1CO.O=[P+](O)O[P+](=O)O. The Morgan fingerprint density at radius 2 is 1.81 bits per heavy atom. The van der Waals surface area contributed by atoms with Crippen LogP contribution in [0.2, 0.25) is 0 Å². The zero-order valence-electron chi connectivity index (χ0n) is 12.9. The lowest BCUT2D eigenvalue weighted by Gasteiger charge is -2.18. The van der Waals surface area contributed by atoms with Crippen molar-refractivity contribution in [3.05, 3.63) is 22.2 Å². The lowest BCUT2D eigenvalue weighted by Crippen LogP contribution is -2.36. The fourth-order valence-electron chi connectivity index (χ4n) is 2.00. The van der Waals surface area contributed by atoms with E-state index in [0.29, 0.717) is 0 Å². The fraction of sp³-hybridized carbons (Fsp3) is 0.600. The van der Waals surface area contributed by atoms with Crippen LogP contribution < -0.4 is 11.4 Å². The molecule has 1 aromatic rings. The Morgan fingerprint density at radius 1 is 1.23 bits per heavy atom. The summed E-state index contributed by atoms with van der Waals surface area (Å²) >= 11 is 0. The zero-order chi connectivity index (χ0) is 20.0. The minimum absolute atomic E-state index is 0.115. The molecular formula is C10H17N3O11P2+2. The van der Waals surface area contributed by atoms with E-state index in [4.69, 9.17) is 30.5 Å². The zero-order valence-corrected chi connectivity index (χ0v) is 14.7. The lowest BCUT2D eigenvalue weighted by molar-refractivity contribution is -0.0551. The van der Waals surface area contributed by atoms with Crippen LogP contribution in [0.3, 0.4) is 0 Å². The summed E-state index contributed by atoms with van der Waals surface area (Å²) in [5.41, 5.74) is 4.84. The van der Waals surface area contributed by atoms with E-state index in [1.54, 1.807) is 0 Å². The molecule has 1 saturated heterocycles. The van der Waals surface area contributed by atoms with Gasteiger partial charge >= 0.3 is 22.2 Å². The van der Waals surface area contributed by atoms with Crippen molar-refractivity contribution in [1.82, 2.24) is 9.55 Å². The Labute approximate surface area is 147 Å². The van der Waals surface area contributed by atoms with Gasteiger partial charge in [0.15, 0.2) is 10.5 Å². The van der Waals surface area contributed by atoms with Crippen molar-refractivity contribution >= 4 is 22.3 Å². The third-order valence-electron chi connectivity index (χ3n) is 3.16. The summed E-state index contributed by atoms with van der Waals surface area (Å²) in [7, 11) is -5.85. The van der Waals surface area contributed by atoms with Gasteiger partial charge in [-0.1, -0.05) is 0 Å². The molecule has 0 aromatic carbocycles. The minimum Gasteiger partial charge on any atom is -0.394 e. The van der Waals surface area contributed by atoms with E-state index in [9.17, 15) is 24.1 Å². The fourth-order valence-corrected chi connectivity index (χ4v) is 2.47. The molecule has 1 fully saturated rings. The molecule has 0 aliphatic carbocycles. The second kappa shape index (κ2) is 10.0. The first-order valence-electron chi connectivity index (χ1n) is 6.73. The number of rotatable bonds is 5. The highest BCUT2D eigenvalue weighted by Crippen LogP contribution is 2.30. The summed E-state index contributed by atoms with van der Waals surface area (Å²) in [5, 5.41) is 37.5. The molecule has 6 atom stereocenters. The third kappa shape index (κ3) is 5.79. The van der Waals surface area contributed by atoms with Gasteiger partial charge in [0.2, 0.25) is 0 Å². The molecule has 26 heavy (non-hydrogen) atoms. The van der Waals surface area contributed by atoms with Crippen LogP contribution in [0.25, 0.3) is 0 Å². The highest BCUT2D eigenvalue weighted by molar-refractivity contribution is 7.46. The molecule has 14 nitrogen and oxygen atoms in total. The van der Waals surface area contributed by atoms with Gasteiger partial charge in [-0.15, -0.1) is 9.79 Å². The number of aromatic nitrogens is 2. The van der Waals surface area contributed by atoms with Gasteiger partial charge in [0, 0.05) is 20.9 Å². The molecule has 1 aliphatic rings. The van der Waals surface area contributed by atoms with E-state index in [-0.39, 0.29) is 11.4 Å². The largest absolute Gasteiger partial charge is 0.745 e. The van der Waals surface area contributed by atoms with Gasteiger partial charge in [-0.05, 0) is 0 Å². The Hall–Kier alpha value is -1.44. The van der Waals surface area contributed by atoms with Crippen LogP contribution in [-0.2, 0) is 24.8 Å². The van der Waals surface area contributed by atoms with Crippen molar-refractivity contribution < 1.29 is 48.4 Å². The molecule has 2 heterocycles. The number of aliphatic hydroxyl groups is 4. The van der Waals surface area contributed by atoms with Crippen LogP contribution in [0.4, 0.5) is 5.82 Å². The van der Waals surface area contributed by atoms with Gasteiger partial charge in [-0.25, -0.2) is 4.79 Å². The second-order valence-electron chi connectivity index (χ2n) is 4.79. The average Bonchev–Trinajstić information content (AvgIpc) is 2.82. The molecule has 0 spiro atoms. The average molecular weight is 417 g/mol. The van der Waals surface area contributed by atoms with Crippen molar-refractivity contribution in [1.29, 1.82) is 0 Å². The highest BCUT2D eigenvalue weighted by Gasteiger charge is 2.43. The Morgan fingerprint density at radius 3 is 2.19 bits per heavy atom. The summed E-state index contributed by atoms with van der Waals surface area (Å²) in [6, 6.07) is 0. The standard InChI is InChI=1S/C10H15N3O6.O5P2/c11-8-4(2-14)1-13(10(18)12-8)9-7(17)6(16)5(3-15)19-9;1-6(2)5-7(3)4/h1,5-7,9,14-17H,2-3H2,(H2,11,12,18);/p+2/t5-,6-,7-,9-;/m1./s1. The van der Waals surface area contributed by atoms with Crippen molar-refractivity contribution in [3.8, 4) is 0 Å². The Balaban J connectivity index is 0.000000412. The van der Waals surface area contributed by atoms with E-state index in [1.165, 1.54) is 6.20 Å². The topological polar surface area (TPSA) is 235 Å². The summed E-state index contributed by atoms with van der Waals surface area (Å²) < 4.78 is 28.3. The van der Waals surface area contributed by atoms with Gasteiger partial charge in [-0.2, -0.15) is 4.98 Å². The second-order valence-corrected chi connectivity index (χ2v) is 6.39. The minimum atomic E-state index is -2.92. The number of nitrogen functional groups attached to an aromatic ring is 1. The number of ether oxygens (including phenoxy) is 1. The number of aliphatic hydroxyl groups excluding tert-OH is 4. The predicted molar refractivity (Wildman–Crippen MR) is 82.6 cm³/mol. The smallest absolute Gasteiger partial charge is 0.394 e. The predicted octanol–water partition coefficient (Wildman–Crippen LogP) is -2.77. The van der Waals surface area contributed by atoms with Crippen molar-refractivity contribution in [2.45, 2.75) is 31.1 Å². The van der Waals surface area contributed by atoms with E-state index in [1.807, 2.05) is 0 Å². The van der Waals surface area contributed by atoms with Crippen LogP contribution in [0, 0.1) is 0 Å². The van der Waals surface area contributed by atoms with Crippen LogP contribution in [0.15, 0.2) is 11.0 Å². The molecule has 1 aliphatic heterocycles. The van der Waals surface area contributed by atoms with Gasteiger partial charge in [-0.3, -0.25) is 4.57 Å². The van der Waals surface area contributed by atoms with Crippen molar-refractivity contribution in [2.75, 3.05) is 12.3 Å². The molecule has 1 aromatic heterocycles. The molecule has 2 unspecified atom stereocenters. The third-order valence-corrected chi connectivity index (χ3v) is 4.28. The van der Waals surface area contributed by atoms with Gasteiger partial charge in [0.05, 0.1) is 13.2 Å². The molecule has 0 saturated carbocycles. The Bertz CT molecular complexity index is 702. The molecular weight excluding hydrogens is 400 g/mol. The summed E-state index contributed by atoms with van der Waals surface area (Å²) in [5.74, 6) is -0.115. The first-order valence-corrected chi connectivity index (χ1v) is 8.99. The monoisotopic (exact) mass is 417 g/mol. The van der Waals surface area contributed by atoms with E-state index in [2.05, 4.69) is 9.29 Å². The number of hydrogen-bond acceptors (Lipinski definition) is 11. The lowest BCUT2D eigenvalue weighted by atomic mass is 10.1. The maximum absolute atomic E-state index is 11.7. The molecule has 16 heteroatoms. The Kier molecular flexibility index (Phi) is 8.73. The summed E-state index contributed by atoms with van der Waals surface area (Å²) in [4.78, 5) is 30.5. The number of nitrogens with two attached hydrogens (primary N) is 1. The maximum atomic E-state index is 11.7. The normalized spacial score (nSPS) is 26.1. The molecule has 0 amide bonds. The molecule has 0 radical (unpaired) electrons. The van der Waals surface area contributed by atoms with Gasteiger partial charge in [0.25, 0.3) is 0 Å². The van der Waals surface area contributed by atoms with Crippen LogP contribution in [0.5, 0.6) is 0 Å². The van der Waals surface area contributed by atoms with Gasteiger partial charge in [0.1, 0.15) is 24.1 Å². The van der Waals surface area contributed by atoms with Crippen LogP contribution in [0.1, 0.15) is 11.8 Å². The maximum Gasteiger partial charge on any atom is 0.745 e. The first kappa shape index (κ1) is 22.6. The van der Waals surface area contributed by atoms with Crippen molar-refractivity contribution in [2.24, 2.45) is 0 Å². The first-order chi connectivity index (χ1) is 12.1. The van der Waals surface area contributed by atoms with E-state index in [0.717, 1.165) is 4.57 Å². The summed E-state index contributed by atoms with van der Waals surface area (Å²) in [6.45, 7) is -0.938. The summed E-state index contributed by atoms with van der Waals surface area (Å²) in [6.07, 6.45) is -3.71. The molecule has 0 bridgehead atoms. The van der Waals surface area contributed by atoms with Crippen molar-refractivity contribution in [3.63, 3.8) is 0 Å². The highest BCUT2D eigenvalue weighted by atomic mass is 31.2. The number of nitrogens with zero attached hydrogens (tertiary/aromatic N) is 2. The molecule has 146 valence electrons.